The first-order valence-electron chi connectivity index (χ1n) is 6.31. The highest BCUT2D eigenvalue weighted by Crippen LogP contribution is 2.18. The molecule has 0 unspecified atom stereocenters. The molecule has 102 valence electrons. The summed E-state index contributed by atoms with van der Waals surface area (Å²) in [6.07, 6.45) is 6.87. The highest BCUT2D eigenvalue weighted by atomic mass is 16.1. The van der Waals surface area contributed by atoms with Crippen LogP contribution in [0.1, 0.15) is 23.3 Å². The van der Waals surface area contributed by atoms with Crippen LogP contribution in [0.15, 0.2) is 23.6 Å². The number of hydrogen-bond donors (Lipinski definition) is 3. The molecule has 1 heterocycles. The van der Waals surface area contributed by atoms with Crippen molar-refractivity contribution in [3.63, 3.8) is 0 Å². The standard InChI is InChI=1S/C12H18N6O/c1-13-12(18-9-2-3-9)17-7-6-16-11(19)10-8-14-4-5-15-10/h4-5,8-9H,2-3,6-7H2,1H3,(H,16,19)(H2,13,17,18). The molecule has 0 spiro atoms. The number of carbonyl (C=O) groups is 1. The van der Waals surface area contributed by atoms with Crippen LogP contribution in [0.25, 0.3) is 0 Å². The van der Waals surface area contributed by atoms with E-state index >= 15 is 0 Å². The fraction of sp³-hybridized carbons (Fsp3) is 0.500. The van der Waals surface area contributed by atoms with Gasteiger partial charge in [-0.2, -0.15) is 0 Å². The van der Waals surface area contributed by atoms with E-state index in [4.69, 9.17) is 0 Å². The van der Waals surface area contributed by atoms with E-state index in [9.17, 15) is 4.79 Å². The first-order valence-corrected chi connectivity index (χ1v) is 6.31. The van der Waals surface area contributed by atoms with Gasteiger partial charge < -0.3 is 16.0 Å². The first kappa shape index (κ1) is 13.3. The molecule has 1 amide bonds. The molecule has 0 radical (unpaired) electrons. The fourth-order valence-corrected chi connectivity index (χ4v) is 1.48. The maximum absolute atomic E-state index is 11.7. The largest absolute Gasteiger partial charge is 0.355 e. The number of aliphatic imine (C=N–C) groups is 1. The quantitative estimate of drug-likeness (QED) is 0.379. The van der Waals surface area contributed by atoms with Crippen LogP contribution >= 0.6 is 0 Å². The average Bonchev–Trinajstić information content (AvgIpc) is 3.27. The van der Waals surface area contributed by atoms with Gasteiger partial charge in [-0.25, -0.2) is 4.98 Å². The molecule has 1 aliphatic carbocycles. The minimum absolute atomic E-state index is 0.222. The zero-order valence-corrected chi connectivity index (χ0v) is 10.9. The molecule has 0 atom stereocenters. The molecule has 7 heteroatoms. The zero-order valence-electron chi connectivity index (χ0n) is 10.9. The second-order valence-electron chi connectivity index (χ2n) is 4.26. The Kier molecular flexibility index (Phi) is 4.66. The van der Waals surface area contributed by atoms with E-state index in [-0.39, 0.29) is 5.91 Å². The SMILES string of the molecule is CN=C(NCCNC(=O)c1cnccn1)NC1CC1. The van der Waals surface area contributed by atoms with E-state index in [1.165, 1.54) is 31.4 Å². The Morgan fingerprint density at radius 3 is 2.79 bits per heavy atom. The van der Waals surface area contributed by atoms with Gasteiger partial charge in [0.05, 0.1) is 6.20 Å². The summed E-state index contributed by atoms with van der Waals surface area (Å²) in [6.45, 7) is 1.11. The number of rotatable bonds is 5. The smallest absolute Gasteiger partial charge is 0.271 e. The lowest BCUT2D eigenvalue weighted by Gasteiger charge is -2.11. The van der Waals surface area contributed by atoms with Gasteiger partial charge in [-0.05, 0) is 12.8 Å². The van der Waals surface area contributed by atoms with Crippen LogP contribution in [-0.2, 0) is 0 Å². The van der Waals surface area contributed by atoms with Gasteiger partial charge in [0, 0.05) is 38.6 Å². The van der Waals surface area contributed by atoms with Crippen LogP contribution in [0, 0.1) is 0 Å². The molecule has 1 aromatic rings. The van der Waals surface area contributed by atoms with Gasteiger partial charge in [0.25, 0.3) is 5.91 Å². The van der Waals surface area contributed by atoms with E-state index in [2.05, 4.69) is 30.9 Å². The Morgan fingerprint density at radius 1 is 1.37 bits per heavy atom. The summed E-state index contributed by atoms with van der Waals surface area (Å²) >= 11 is 0. The average molecular weight is 262 g/mol. The highest BCUT2D eigenvalue weighted by molar-refractivity contribution is 5.91. The molecule has 1 saturated carbocycles. The molecule has 3 N–H and O–H groups in total. The molecule has 1 aliphatic rings. The Labute approximate surface area is 111 Å². The number of nitrogens with zero attached hydrogens (tertiary/aromatic N) is 3. The number of guanidine groups is 1. The van der Waals surface area contributed by atoms with Crippen LogP contribution < -0.4 is 16.0 Å². The second-order valence-corrected chi connectivity index (χ2v) is 4.26. The van der Waals surface area contributed by atoms with Crippen LogP contribution in [0.4, 0.5) is 0 Å². The lowest BCUT2D eigenvalue weighted by molar-refractivity contribution is 0.0949. The maximum atomic E-state index is 11.7. The number of amides is 1. The van der Waals surface area contributed by atoms with Crippen LogP contribution in [0.3, 0.4) is 0 Å². The van der Waals surface area contributed by atoms with Gasteiger partial charge in [-0.1, -0.05) is 0 Å². The van der Waals surface area contributed by atoms with E-state index in [1.807, 2.05) is 0 Å². The summed E-state index contributed by atoms with van der Waals surface area (Å²) < 4.78 is 0. The van der Waals surface area contributed by atoms with Gasteiger partial charge in [0.15, 0.2) is 5.96 Å². The zero-order chi connectivity index (χ0) is 13.5. The second kappa shape index (κ2) is 6.67. The number of aromatic nitrogens is 2. The van der Waals surface area contributed by atoms with Gasteiger partial charge in [0.1, 0.15) is 5.69 Å². The molecule has 0 aromatic carbocycles. The van der Waals surface area contributed by atoms with E-state index in [0.717, 1.165) is 5.96 Å². The third-order valence-electron chi connectivity index (χ3n) is 2.64. The van der Waals surface area contributed by atoms with Gasteiger partial charge in [-0.15, -0.1) is 0 Å². The van der Waals surface area contributed by atoms with Gasteiger partial charge in [-0.3, -0.25) is 14.8 Å². The summed E-state index contributed by atoms with van der Waals surface area (Å²) in [5.41, 5.74) is 0.322. The summed E-state index contributed by atoms with van der Waals surface area (Å²) in [5.74, 6) is 0.552. The van der Waals surface area contributed by atoms with Gasteiger partial charge >= 0.3 is 0 Å². The Bertz CT molecular complexity index is 443. The summed E-state index contributed by atoms with van der Waals surface area (Å²) in [6, 6.07) is 0.556. The number of hydrogen-bond acceptors (Lipinski definition) is 4. The third kappa shape index (κ3) is 4.53. The lowest BCUT2D eigenvalue weighted by atomic mass is 10.4. The van der Waals surface area contributed by atoms with E-state index in [1.54, 1.807) is 7.05 Å². The van der Waals surface area contributed by atoms with E-state index in [0.29, 0.717) is 24.8 Å². The molecule has 19 heavy (non-hydrogen) atoms. The Balaban J connectivity index is 1.64. The van der Waals surface area contributed by atoms with Crippen LogP contribution in [-0.4, -0.2) is 48.0 Å². The van der Waals surface area contributed by atoms with Crippen molar-refractivity contribution in [2.24, 2.45) is 4.99 Å². The van der Waals surface area contributed by atoms with Crippen LogP contribution in [0.5, 0.6) is 0 Å². The topological polar surface area (TPSA) is 91.3 Å². The monoisotopic (exact) mass is 262 g/mol. The molecule has 0 aliphatic heterocycles. The predicted octanol–water partition coefficient (Wildman–Crippen LogP) is -0.466. The van der Waals surface area contributed by atoms with Crippen molar-refractivity contribution in [1.82, 2.24) is 25.9 Å². The van der Waals surface area contributed by atoms with Crippen molar-refractivity contribution in [1.29, 1.82) is 0 Å². The van der Waals surface area contributed by atoms with Crippen molar-refractivity contribution in [3.8, 4) is 0 Å². The fourth-order valence-electron chi connectivity index (χ4n) is 1.48. The van der Waals surface area contributed by atoms with Crippen molar-refractivity contribution < 1.29 is 4.79 Å². The molecule has 0 bridgehead atoms. The lowest BCUT2D eigenvalue weighted by Crippen LogP contribution is -2.42. The van der Waals surface area contributed by atoms with Crippen molar-refractivity contribution in [3.05, 3.63) is 24.3 Å². The van der Waals surface area contributed by atoms with Crippen molar-refractivity contribution in [2.75, 3.05) is 20.1 Å². The highest BCUT2D eigenvalue weighted by Gasteiger charge is 2.21. The number of carbonyl (C=O) groups excluding carboxylic acids is 1. The predicted molar refractivity (Wildman–Crippen MR) is 71.9 cm³/mol. The molecule has 0 saturated heterocycles. The summed E-state index contributed by atoms with van der Waals surface area (Å²) in [7, 11) is 1.73. The summed E-state index contributed by atoms with van der Waals surface area (Å²) in [4.78, 5) is 23.5. The van der Waals surface area contributed by atoms with Gasteiger partial charge in [0.2, 0.25) is 0 Å². The minimum Gasteiger partial charge on any atom is -0.355 e. The Morgan fingerprint density at radius 2 is 2.16 bits per heavy atom. The molecule has 2 rings (SSSR count). The molecular formula is C12H18N6O. The third-order valence-corrected chi connectivity index (χ3v) is 2.64. The Hall–Kier alpha value is -2.18. The number of nitrogens with one attached hydrogen (secondary N) is 3. The molecule has 7 nitrogen and oxygen atoms in total. The summed E-state index contributed by atoms with van der Waals surface area (Å²) in [5, 5.41) is 9.16. The van der Waals surface area contributed by atoms with Crippen molar-refractivity contribution >= 4 is 11.9 Å². The molecule has 1 fully saturated rings. The normalized spacial score (nSPS) is 14.9. The first-order chi connectivity index (χ1) is 9.29. The van der Waals surface area contributed by atoms with Crippen LogP contribution in [0.2, 0.25) is 0 Å². The maximum Gasteiger partial charge on any atom is 0.271 e. The molecule has 1 aromatic heterocycles. The van der Waals surface area contributed by atoms with E-state index < -0.39 is 0 Å². The molecular weight excluding hydrogens is 244 g/mol. The minimum atomic E-state index is -0.222. The van der Waals surface area contributed by atoms with Crippen molar-refractivity contribution in [2.45, 2.75) is 18.9 Å².